The number of aromatic amines is 1. The number of ether oxygens (including phenoxy) is 1. The van der Waals surface area contributed by atoms with E-state index in [0.717, 1.165) is 35.4 Å². The zero-order valence-corrected chi connectivity index (χ0v) is 12.1. The van der Waals surface area contributed by atoms with Gasteiger partial charge in [0.15, 0.2) is 0 Å². The number of hydrogen-bond acceptors (Lipinski definition) is 3. The first-order valence-corrected chi connectivity index (χ1v) is 6.96. The molecule has 0 atom stereocenters. The van der Waals surface area contributed by atoms with Crippen molar-refractivity contribution in [2.75, 3.05) is 6.61 Å². The van der Waals surface area contributed by atoms with Crippen LogP contribution in [-0.4, -0.2) is 16.6 Å². The Kier molecular flexibility index (Phi) is 4.68. The predicted molar refractivity (Wildman–Crippen MR) is 80.0 cm³/mol. The van der Waals surface area contributed by atoms with Gasteiger partial charge in [-0.15, -0.1) is 0 Å². The van der Waals surface area contributed by atoms with E-state index in [0.29, 0.717) is 11.2 Å². The highest BCUT2D eigenvalue weighted by atomic mass is 32.1. The van der Waals surface area contributed by atoms with E-state index in [1.54, 1.807) is 6.33 Å². The molecule has 2 rings (SSSR count). The summed E-state index contributed by atoms with van der Waals surface area (Å²) >= 11 is 5.32. The molecule has 0 fully saturated rings. The Bertz CT molecular complexity index is 590. The summed E-state index contributed by atoms with van der Waals surface area (Å²) < 4.78 is 6.14. The molecule has 0 amide bonds. The highest BCUT2D eigenvalue weighted by Crippen LogP contribution is 2.24. The molecule has 2 aromatic rings. The van der Waals surface area contributed by atoms with Gasteiger partial charge in [0.25, 0.3) is 0 Å². The number of nitrogens with one attached hydrogen (secondary N) is 1. The van der Waals surface area contributed by atoms with Crippen LogP contribution >= 0.6 is 12.2 Å². The van der Waals surface area contributed by atoms with E-state index < -0.39 is 0 Å². The summed E-state index contributed by atoms with van der Waals surface area (Å²) in [4.78, 5) is 7.38. The van der Waals surface area contributed by atoms with E-state index in [1.807, 2.05) is 31.2 Å². The van der Waals surface area contributed by atoms with Gasteiger partial charge in [-0.25, -0.2) is 4.98 Å². The van der Waals surface area contributed by atoms with Gasteiger partial charge in [0.2, 0.25) is 0 Å². The van der Waals surface area contributed by atoms with Gasteiger partial charge in [-0.05, 0) is 43.2 Å². The van der Waals surface area contributed by atoms with Crippen LogP contribution in [0.3, 0.4) is 0 Å². The third-order valence-electron chi connectivity index (χ3n) is 2.90. The van der Waals surface area contributed by atoms with Gasteiger partial charge in [-0.3, -0.25) is 0 Å². The van der Waals surface area contributed by atoms with Gasteiger partial charge in [0.1, 0.15) is 10.4 Å². The van der Waals surface area contributed by atoms with Crippen LogP contribution in [0.4, 0.5) is 0 Å². The van der Waals surface area contributed by atoms with Crippen LogP contribution in [0.25, 0.3) is 11.3 Å². The second-order valence-corrected chi connectivity index (χ2v) is 4.66. The lowest BCUT2D eigenvalue weighted by Crippen LogP contribution is -1.97. The fourth-order valence-corrected chi connectivity index (χ4v) is 2.31. The molecule has 0 aliphatic heterocycles. The number of H-pyrrole nitrogens is 1. The molecular weight excluding hydrogens is 256 g/mol. The topological polar surface area (TPSA) is 37.9 Å². The van der Waals surface area contributed by atoms with Crippen LogP contribution in [0.2, 0.25) is 0 Å². The zero-order valence-electron chi connectivity index (χ0n) is 11.3. The van der Waals surface area contributed by atoms with Crippen molar-refractivity contribution in [3.63, 3.8) is 0 Å². The molecule has 0 unspecified atom stereocenters. The fraction of sp³-hybridized carbons (Fsp3) is 0.333. The fourth-order valence-electron chi connectivity index (χ4n) is 2.05. The molecule has 0 spiro atoms. The van der Waals surface area contributed by atoms with Gasteiger partial charge in [0.05, 0.1) is 18.6 Å². The second kappa shape index (κ2) is 6.48. The predicted octanol–water partition coefficient (Wildman–Crippen LogP) is 4.16. The molecule has 0 aliphatic rings. The van der Waals surface area contributed by atoms with Crippen molar-refractivity contribution in [3.8, 4) is 17.0 Å². The average molecular weight is 274 g/mol. The lowest BCUT2D eigenvalue weighted by molar-refractivity contribution is 0.340. The minimum Gasteiger partial charge on any atom is -0.494 e. The lowest BCUT2D eigenvalue weighted by atomic mass is 10.0. The first kappa shape index (κ1) is 13.7. The highest BCUT2D eigenvalue weighted by molar-refractivity contribution is 7.71. The Labute approximate surface area is 118 Å². The molecule has 1 heterocycles. The summed E-state index contributed by atoms with van der Waals surface area (Å²) in [6.45, 7) is 4.80. The van der Waals surface area contributed by atoms with Crippen molar-refractivity contribution < 1.29 is 4.74 Å². The summed E-state index contributed by atoms with van der Waals surface area (Å²) in [7, 11) is 0. The first-order valence-electron chi connectivity index (χ1n) is 6.56. The molecule has 0 saturated heterocycles. The maximum Gasteiger partial charge on any atom is 0.133 e. The van der Waals surface area contributed by atoms with E-state index in [4.69, 9.17) is 17.0 Å². The normalized spacial score (nSPS) is 10.4. The summed E-state index contributed by atoms with van der Waals surface area (Å²) in [5, 5.41) is 0. The maximum absolute atomic E-state index is 5.46. The Morgan fingerprint density at radius 2 is 1.95 bits per heavy atom. The minimum absolute atomic E-state index is 0.679. The number of hydrogen-bond donors (Lipinski definition) is 1. The van der Waals surface area contributed by atoms with Crippen molar-refractivity contribution >= 4 is 12.2 Å². The smallest absolute Gasteiger partial charge is 0.133 e. The van der Waals surface area contributed by atoms with Gasteiger partial charge >= 0.3 is 0 Å². The van der Waals surface area contributed by atoms with E-state index >= 15 is 0 Å². The van der Waals surface area contributed by atoms with E-state index in [2.05, 4.69) is 16.9 Å². The Balaban J connectivity index is 2.40. The van der Waals surface area contributed by atoms with Crippen molar-refractivity contribution in [1.29, 1.82) is 0 Å². The third-order valence-corrected chi connectivity index (χ3v) is 3.26. The van der Waals surface area contributed by atoms with Crippen LogP contribution in [-0.2, 0) is 6.42 Å². The summed E-state index contributed by atoms with van der Waals surface area (Å²) in [6, 6.07) is 8.05. The van der Waals surface area contributed by atoms with Gasteiger partial charge in [-0.2, -0.15) is 0 Å². The van der Waals surface area contributed by atoms with Crippen LogP contribution in [0.1, 0.15) is 25.8 Å². The lowest BCUT2D eigenvalue weighted by Gasteiger charge is -2.09. The molecule has 4 heteroatoms. The van der Waals surface area contributed by atoms with Crippen LogP contribution in [0.5, 0.6) is 5.75 Å². The monoisotopic (exact) mass is 274 g/mol. The van der Waals surface area contributed by atoms with Crippen LogP contribution in [0.15, 0.2) is 30.6 Å². The molecule has 1 aromatic heterocycles. The molecule has 100 valence electrons. The molecule has 1 aromatic carbocycles. The Hall–Kier alpha value is -1.68. The SMILES string of the molecule is CCCc1c(-c2ccc(OCC)cc2)[nH]cnc1=S. The van der Waals surface area contributed by atoms with Crippen molar-refractivity contribution in [3.05, 3.63) is 40.8 Å². The molecular formula is C15H18N2OS. The highest BCUT2D eigenvalue weighted by Gasteiger charge is 2.07. The molecule has 0 bridgehead atoms. The molecule has 1 N–H and O–H groups in total. The van der Waals surface area contributed by atoms with Crippen molar-refractivity contribution in [2.45, 2.75) is 26.7 Å². The average Bonchev–Trinajstić information content (AvgIpc) is 2.43. The Morgan fingerprint density at radius 3 is 2.58 bits per heavy atom. The minimum atomic E-state index is 0.679. The molecule has 0 saturated carbocycles. The quantitative estimate of drug-likeness (QED) is 0.832. The Morgan fingerprint density at radius 1 is 1.21 bits per heavy atom. The zero-order chi connectivity index (χ0) is 13.7. The first-order chi connectivity index (χ1) is 9.26. The van der Waals surface area contributed by atoms with Gasteiger partial charge in [0, 0.05) is 5.56 Å². The summed E-state index contributed by atoms with van der Waals surface area (Å²) in [5.41, 5.74) is 3.29. The number of aromatic nitrogens is 2. The maximum atomic E-state index is 5.46. The number of rotatable bonds is 5. The van der Waals surface area contributed by atoms with Crippen molar-refractivity contribution in [2.24, 2.45) is 0 Å². The summed E-state index contributed by atoms with van der Waals surface area (Å²) in [5.74, 6) is 0.885. The molecule has 19 heavy (non-hydrogen) atoms. The van der Waals surface area contributed by atoms with E-state index in [-0.39, 0.29) is 0 Å². The van der Waals surface area contributed by atoms with E-state index in [9.17, 15) is 0 Å². The van der Waals surface area contributed by atoms with Crippen molar-refractivity contribution in [1.82, 2.24) is 9.97 Å². The number of benzene rings is 1. The molecule has 3 nitrogen and oxygen atoms in total. The molecule has 0 radical (unpaired) electrons. The van der Waals surface area contributed by atoms with Crippen LogP contribution < -0.4 is 4.74 Å². The van der Waals surface area contributed by atoms with Gasteiger partial charge < -0.3 is 9.72 Å². The largest absolute Gasteiger partial charge is 0.494 e. The standard InChI is InChI=1S/C15H18N2OS/c1-3-5-13-14(16-10-17-15(13)19)11-6-8-12(9-7-11)18-4-2/h6-10H,3-5H2,1-2H3,(H,16,17,19). The second-order valence-electron chi connectivity index (χ2n) is 4.27. The molecule has 0 aliphatic carbocycles. The van der Waals surface area contributed by atoms with E-state index in [1.165, 1.54) is 0 Å². The third kappa shape index (κ3) is 3.20. The van der Waals surface area contributed by atoms with Gasteiger partial charge in [-0.1, -0.05) is 25.6 Å². The number of nitrogens with zero attached hydrogens (tertiary/aromatic N) is 1. The van der Waals surface area contributed by atoms with Crippen LogP contribution in [0, 0.1) is 4.64 Å². The summed E-state index contributed by atoms with van der Waals surface area (Å²) in [6.07, 6.45) is 3.65.